The van der Waals surface area contributed by atoms with Gasteiger partial charge < -0.3 is 15.8 Å². The summed E-state index contributed by atoms with van der Waals surface area (Å²) in [6, 6.07) is 0. The number of aryl methyl sites for hydroxylation is 1. The summed E-state index contributed by atoms with van der Waals surface area (Å²) in [6.45, 7) is 7.12. The number of amides is 1. The smallest absolute Gasteiger partial charge is 0.256 e. The maximum atomic E-state index is 11.8. The van der Waals surface area contributed by atoms with Crippen molar-refractivity contribution >= 4 is 11.7 Å². The third-order valence-corrected chi connectivity index (χ3v) is 2.51. The van der Waals surface area contributed by atoms with Crippen molar-refractivity contribution in [2.24, 2.45) is 0 Å². The van der Waals surface area contributed by atoms with Crippen LogP contribution < -0.4 is 11.1 Å². The largest absolute Gasteiger partial charge is 0.382 e. The number of nitrogen functional groups attached to an aromatic ring is 1. The van der Waals surface area contributed by atoms with Gasteiger partial charge in [0, 0.05) is 18.8 Å². The van der Waals surface area contributed by atoms with Crippen molar-refractivity contribution in [3.8, 4) is 0 Å². The van der Waals surface area contributed by atoms with Gasteiger partial charge in [0.05, 0.1) is 6.10 Å². The van der Waals surface area contributed by atoms with Gasteiger partial charge in [-0.1, -0.05) is 0 Å². The van der Waals surface area contributed by atoms with E-state index >= 15 is 0 Å². The van der Waals surface area contributed by atoms with Gasteiger partial charge in [0.25, 0.3) is 5.91 Å². The number of unbranched alkanes of at least 4 members (excludes halogenated alkanes) is 1. The minimum absolute atomic E-state index is 0.177. The molecule has 102 valence electrons. The molecule has 0 aliphatic carbocycles. The van der Waals surface area contributed by atoms with Gasteiger partial charge in [-0.25, -0.2) is 0 Å². The van der Waals surface area contributed by atoms with Crippen LogP contribution >= 0.6 is 0 Å². The average molecular weight is 254 g/mol. The quantitative estimate of drug-likeness (QED) is 0.638. The summed E-state index contributed by atoms with van der Waals surface area (Å²) in [5.74, 6) is 0.0664. The summed E-state index contributed by atoms with van der Waals surface area (Å²) < 4.78 is 5.41. The fourth-order valence-electron chi connectivity index (χ4n) is 1.57. The lowest BCUT2D eigenvalue weighted by molar-refractivity contribution is 0.0754. The molecule has 1 aromatic heterocycles. The second-order valence-electron chi connectivity index (χ2n) is 4.49. The van der Waals surface area contributed by atoms with Crippen molar-refractivity contribution in [2.45, 2.75) is 39.7 Å². The third-order valence-electron chi connectivity index (χ3n) is 2.51. The summed E-state index contributed by atoms with van der Waals surface area (Å²) in [7, 11) is 0. The maximum absolute atomic E-state index is 11.8. The molecule has 0 aliphatic rings. The van der Waals surface area contributed by atoms with Gasteiger partial charge in [-0.15, -0.1) is 0 Å². The molecule has 0 aromatic carbocycles. The first-order valence-corrected chi connectivity index (χ1v) is 6.22. The number of ether oxygens (including phenoxy) is 1. The highest BCUT2D eigenvalue weighted by molar-refractivity contribution is 5.99. The fourth-order valence-corrected chi connectivity index (χ4v) is 1.57. The topological polar surface area (TPSA) is 93.0 Å². The number of nitrogens with one attached hydrogen (secondary N) is 2. The van der Waals surface area contributed by atoms with Gasteiger partial charge in [-0.2, -0.15) is 5.10 Å². The summed E-state index contributed by atoms with van der Waals surface area (Å²) in [4.78, 5) is 11.8. The molecule has 0 atom stereocenters. The second kappa shape index (κ2) is 7.00. The summed E-state index contributed by atoms with van der Waals surface area (Å²) in [5, 5.41) is 9.29. The average Bonchev–Trinajstić information content (AvgIpc) is 2.63. The number of hydrogen-bond acceptors (Lipinski definition) is 4. The summed E-state index contributed by atoms with van der Waals surface area (Å²) in [6.07, 6.45) is 2.07. The van der Waals surface area contributed by atoms with E-state index in [4.69, 9.17) is 10.5 Å². The zero-order valence-corrected chi connectivity index (χ0v) is 11.2. The Hall–Kier alpha value is -1.56. The van der Waals surface area contributed by atoms with E-state index in [1.54, 1.807) is 6.92 Å². The Bertz CT molecular complexity index is 368. The predicted octanol–water partition coefficient (Wildman–Crippen LogP) is 1.24. The van der Waals surface area contributed by atoms with Gasteiger partial charge in [0.2, 0.25) is 0 Å². The Balaban J connectivity index is 2.22. The summed E-state index contributed by atoms with van der Waals surface area (Å²) in [5.41, 5.74) is 6.73. The number of nitrogens with two attached hydrogens (primary N) is 1. The molecule has 6 heteroatoms. The first-order valence-electron chi connectivity index (χ1n) is 6.22. The van der Waals surface area contributed by atoms with E-state index in [0.717, 1.165) is 19.4 Å². The Morgan fingerprint density at radius 3 is 2.78 bits per heavy atom. The van der Waals surface area contributed by atoms with E-state index in [1.807, 2.05) is 13.8 Å². The first kappa shape index (κ1) is 14.5. The predicted molar refractivity (Wildman–Crippen MR) is 70.4 cm³/mol. The number of H-pyrrole nitrogens is 1. The van der Waals surface area contributed by atoms with Crippen LogP contribution in [0.3, 0.4) is 0 Å². The van der Waals surface area contributed by atoms with Crippen molar-refractivity contribution in [1.29, 1.82) is 0 Å². The number of anilines is 1. The normalized spacial score (nSPS) is 10.9. The highest BCUT2D eigenvalue weighted by Crippen LogP contribution is 2.11. The Labute approximate surface area is 107 Å². The zero-order valence-electron chi connectivity index (χ0n) is 11.2. The van der Waals surface area contributed by atoms with Crippen LogP contribution in [0.4, 0.5) is 5.82 Å². The molecular weight excluding hydrogens is 232 g/mol. The van der Waals surface area contributed by atoms with Crippen molar-refractivity contribution in [3.63, 3.8) is 0 Å². The van der Waals surface area contributed by atoms with Crippen LogP contribution in [-0.2, 0) is 4.74 Å². The zero-order chi connectivity index (χ0) is 13.5. The molecule has 1 heterocycles. The number of carbonyl (C=O) groups is 1. The number of nitrogens with zero attached hydrogens (tertiary/aromatic N) is 1. The molecular formula is C12H22N4O2. The molecule has 0 spiro atoms. The molecule has 18 heavy (non-hydrogen) atoms. The van der Waals surface area contributed by atoms with Crippen molar-refractivity contribution in [2.75, 3.05) is 18.9 Å². The molecule has 0 fully saturated rings. The van der Waals surface area contributed by atoms with Crippen LogP contribution in [0.15, 0.2) is 0 Å². The first-order chi connectivity index (χ1) is 8.52. The molecule has 0 radical (unpaired) electrons. The Morgan fingerprint density at radius 1 is 1.50 bits per heavy atom. The van der Waals surface area contributed by atoms with Crippen LogP contribution in [0, 0.1) is 6.92 Å². The van der Waals surface area contributed by atoms with E-state index in [9.17, 15) is 4.79 Å². The van der Waals surface area contributed by atoms with E-state index in [-0.39, 0.29) is 17.8 Å². The minimum atomic E-state index is -0.177. The number of rotatable bonds is 7. The molecule has 4 N–H and O–H groups in total. The van der Waals surface area contributed by atoms with Gasteiger partial charge in [-0.05, 0) is 33.6 Å². The third kappa shape index (κ3) is 4.37. The van der Waals surface area contributed by atoms with Gasteiger partial charge in [-0.3, -0.25) is 9.89 Å². The van der Waals surface area contributed by atoms with Gasteiger partial charge in [0.15, 0.2) is 5.82 Å². The SMILES string of the molecule is Cc1[nH]nc(N)c1C(=O)NCCCCOC(C)C. The van der Waals surface area contributed by atoms with E-state index in [1.165, 1.54) is 0 Å². The number of carbonyl (C=O) groups excluding carboxylic acids is 1. The number of aromatic amines is 1. The molecule has 0 unspecified atom stereocenters. The van der Waals surface area contributed by atoms with Crippen LogP contribution in [0.25, 0.3) is 0 Å². The van der Waals surface area contributed by atoms with Crippen LogP contribution in [0.5, 0.6) is 0 Å². The van der Waals surface area contributed by atoms with Crippen molar-refractivity contribution < 1.29 is 9.53 Å². The highest BCUT2D eigenvalue weighted by atomic mass is 16.5. The minimum Gasteiger partial charge on any atom is -0.382 e. The van der Waals surface area contributed by atoms with Crippen molar-refractivity contribution in [1.82, 2.24) is 15.5 Å². The van der Waals surface area contributed by atoms with E-state index in [0.29, 0.717) is 17.8 Å². The second-order valence-corrected chi connectivity index (χ2v) is 4.49. The fraction of sp³-hybridized carbons (Fsp3) is 0.667. The lowest BCUT2D eigenvalue weighted by Gasteiger charge is -2.08. The number of aromatic nitrogens is 2. The van der Waals surface area contributed by atoms with Gasteiger partial charge >= 0.3 is 0 Å². The summed E-state index contributed by atoms with van der Waals surface area (Å²) >= 11 is 0. The van der Waals surface area contributed by atoms with E-state index in [2.05, 4.69) is 15.5 Å². The lowest BCUT2D eigenvalue weighted by Crippen LogP contribution is -2.25. The van der Waals surface area contributed by atoms with Crippen LogP contribution in [0.2, 0.25) is 0 Å². The van der Waals surface area contributed by atoms with Crippen LogP contribution in [0.1, 0.15) is 42.7 Å². The molecule has 0 saturated heterocycles. The molecule has 0 saturated carbocycles. The Kier molecular flexibility index (Phi) is 5.64. The molecule has 1 rings (SSSR count). The monoisotopic (exact) mass is 254 g/mol. The standard InChI is InChI=1S/C12H22N4O2/c1-8(2)18-7-5-4-6-14-12(17)10-9(3)15-16-11(10)13/h8H,4-7H2,1-3H3,(H,14,17)(H3,13,15,16). The molecule has 6 nitrogen and oxygen atoms in total. The number of hydrogen-bond donors (Lipinski definition) is 3. The molecule has 1 aromatic rings. The highest BCUT2D eigenvalue weighted by Gasteiger charge is 2.15. The molecule has 1 amide bonds. The maximum Gasteiger partial charge on any atom is 0.256 e. The Morgan fingerprint density at radius 2 is 2.22 bits per heavy atom. The van der Waals surface area contributed by atoms with Crippen molar-refractivity contribution in [3.05, 3.63) is 11.3 Å². The lowest BCUT2D eigenvalue weighted by atomic mass is 10.2. The van der Waals surface area contributed by atoms with E-state index < -0.39 is 0 Å². The van der Waals surface area contributed by atoms with Crippen LogP contribution in [-0.4, -0.2) is 35.4 Å². The molecule has 0 aliphatic heterocycles. The van der Waals surface area contributed by atoms with Gasteiger partial charge in [0.1, 0.15) is 5.56 Å². The molecule has 0 bridgehead atoms.